The molecular weight excluding hydrogens is 395 g/mol. The molecule has 1 saturated heterocycles. The molecule has 10 heteroatoms. The molecule has 146 valence electrons. The summed E-state index contributed by atoms with van der Waals surface area (Å²) in [4.78, 5) is 18.8. The third-order valence-electron chi connectivity index (χ3n) is 4.28. The Balaban J connectivity index is 1.40. The van der Waals surface area contributed by atoms with Gasteiger partial charge in [-0.1, -0.05) is 11.2 Å². The molecule has 0 saturated carbocycles. The monoisotopic (exact) mass is 409 g/mol. The maximum absolute atomic E-state index is 12.8. The minimum atomic E-state index is -4.47. The van der Waals surface area contributed by atoms with Gasteiger partial charge in [0.15, 0.2) is 11.5 Å². The second-order valence-electron chi connectivity index (χ2n) is 6.21. The van der Waals surface area contributed by atoms with Crippen LogP contribution in [0.1, 0.15) is 22.5 Å². The van der Waals surface area contributed by atoms with Gasteiger partial charge in [0, 0.05) is 31.3 Å². The molecule has 1 aliphatic heterocycles. The molecule has 1 amide bonds. The Labute approximate surface area is 161 Å². The van der Waals surface area contributed by atoms with Crippen LogP contribution in [0.4, 0.5) is 13.2 Å². The molecule has 4 heterocycles. The Kier molecular flexibility index (Phi) is 4.80. The Morgan fingerprint density at radius 1 is 1.32 bits per heavy atom. The molecule has 28 heavy (non-hydrogen) atoms. The third-order valence-corrected chi connectivity index (χ3v) is 5.16. The van der Waals surface area contributed by atoms with Crippen molar-refractivity contribution in [2.24, 2.45) is 0 Å². The lowest BCUT2D eigenvalue weighted by Gasteiger charge is -2.16. The Bertz CT molecular complexity index is 972. The van der Waals surface area contributed by atoms with Gasteiger partial charge in [0.2, 0.25) is 5.88 Å². The SMILES string of the molecule is O=C(c1cc(-c2cccs2)on1)N1CCC(Oc2cc(C(F)(F)F)ccn2)C1. The summed E-state index contributed by atoms with van der Waals surface area (Å²) in [6, 6.07) is 7.05. The highest BCUT2D eigenvalue weighted by atomic mass is 32.1. The lowest BCUT2D eigenvalue weighted by molar-refractivity contribution is -0.137. The summed E-state index contributed by atoms with van der Waals surface area (Å²) in [5.41, 5.74) is -0.645. The van der Waals surface area contributed by atoms with Crippen LogP contribution < -0.4 is 4.74 Å². The van der Waals surface area contributed by atoms with E-state index in [1.807, 2.05) is 17.5 Å². The first-order valence-electron chi connectivity index (χ1n) is 8.40. The van der Waals surface area contributed by atoms with Crippen LogP contribution in [0.15, 0.2) is 46.4 Å². The molecule has 3 aromatic heterocycles. The maximum Gasteiger partial charge on any atom is 0.416 e. The molecule has 1 aliphatic rings. The molecule has 0 bridgehead atoms. The van der Waals surface area contributed by atoms with E-state index < -0.39 is 17.8 Å². The van der Waals surface area contributed by atoms with E-state index >= 15 is 0 Å². The van der Waals surface area contributed by atoms with E-state index in [2.05, 4.69) is 10.1 Å². The molecule has 0 aromatic carbocycles. The van der Waals surface area contributed by atoms with E-state index in [0.29, 0.717) is 18.7 Å². The van der Waals surface area contributed by atoms with Gasteiger partial charge in [-0.3, -0.25) is 4.79 Å². The fraction of sp³-hybridized carbons (Fsp3) is 0.278. The molecule has 3 aromatic rings. The van der Waals surface area contributed by atoms with Crippen LogP contribution in [0.25, 0.3) is 10.6 Å². The van der Waals surface area contributed by atoms with E-state index in [9.17, 15) is 18.0 Å². The number of hydrogen-bond acceptors (Lipinski definition) is 6. The van der Waals surface area contributed by atoms with Crippen molar-refractivity contribution in [3.8, 4) is 16.5 Å². The zero-order valence-electron chi connectivity index (χ0n) is 14.3. The number of nitrogens with zero attached hydrogens (tertiary/aromatic N) is 3. The number of ether oxygens (including phenoxy) is 1. The smallest absolute Gasteiger partial charge is 0.416 e. The highest BCUT2D eigenvalue weighted by Crippen LogP contribution is 2.31. The summed E-state index contributed by atoms with van der Waals surface area (Å²) < 4.78 is 49.1. The zero-order valence-corrected chi connectivity index (χ0v) is 15.2. The second kappa shape index (κ2) is 7.27. The lowest BCUT2D eigenvalue weighted by Crippen LogP contribution is -2.31. The first-order valence-corrected chi connectivity index (χ1v) is 9.28. The third kappa shape index (κ3) is 3.86. The standard InChI is InChI=1S/C18H14F3N3O3S/c19-18(20,21)11-3-5-22-16(8-11)26-12-4-6-24(10-12)17(25)13-9-14(27-23-13)15-2-1-7-28-15/h1-3,5,7-9,12H,4,6,10H2. The van der Waals surface area contributed by atoms with Crippen molar-refractivity contribution >= 4 is 17.2 Å². The predicted molar refractivity (Wildman–Crippen MR) is 94.0 cm³/mol. The van der Waals surface area contributed by atoms with Gasteiger partial charge in [0.25, 0.3) is 5.91 Å². The summed E-state index contributed by atoms with van der Waals surface area (Å²) in [6.45, 7) is 0.640. The number of hydrogen-bond donors (Lipinski definition) is 0. The normalized spacial score (nSPS) is 17.1. The molecule has 4 rings (SSSR count). The van der Waals surface area contributed by atoms with Gasteiger partial charge < -0.3 is 14.2 Å². The van der Waals surface area contributed by atoms with E-state index in [4.69, 9.17) is 9.26 Å². The number of rotatable bonds is 4. The number of carbonyl (C=O) groups excluding carboxylic acids is 1. The maximum atomic E-state index is 12.8. The Morgan fingerprint density at radius 2 is 2.18 bits per heavy atom. The molecule has 0 radical (unpaired) electrons. The van der Waals surface area contributed by atoms with Crippen molar-refractivity contribution in [3.63, 3.8) is 0 Å². The molecule has 0 N–H and O–H groups in total. The minimum absolute atomic E-state index is 0.115. The van der Waals surface area contributed by atoms with Gasteiger partial charge >= 0.3 is 6.18 Å². The number of alkyl halides is 3. The molecule has 1 fully saturated rings. The van der Waals surface area contributed by atoms with Crippen LogP contribution in [-0.2, 0) is 6.18 Å². The van der Waals surface area contributed by atoms with Gasteiger partial charge in [-0.2, -0.15) is 13.2 Å². The fourth-order valence-electron chi connectivity index (χ4n) is 2.90. The van der Waals surface area contributed by atoms with Crippen molar-refractivity contribution in [2.45, 2.75) is 18.7 Å². The van der Waals surface area contributed by atoms with Crippen molar-refractivity contribution in [1.82, 2.24) is 15.0 Å². The number of carbonyl (C=O) groups is 1. The zero-order chi connectivity index (χ0) is 19.7. The summed E-state index contributed by atoms with van der Waals surface area (Å²) in [5.74, 6) is 0.0868. The average Bonchev–Trinajstić information content (AvgIpc) is 3.41. The van der Waals surface area contributed by atoms with E-state index in [0.717, 1.165) is 23.2 Å². The predicted octanol–water partition coefficient (Wildman–Crippen LogP) is 4.11. The van der Waals surface area contributed by atoms with Crippen LogP contribution in [-0.4, -0.2) is 40.1 Å². The Morgan fingerprint density at radius 3 is 2.93 bits per heavy atom. The van der Waals surface area contributed by atoms with Crippen molar-refractivity contribution in [1.29, 1.82) is 0 Å². The number of amides is 1. The minimum Gasteiger partial charge on any atom is -0.472 e. The van der Waals surface area contributed by atoms with Crippen LogP contribution in [0, 0.1) is 0 Å². The number of pyridine rings is 1. The number of aromatic nitrogens is 2. The number of likely N-dealkylation sites (tertiary alicyclic amines) is 1. The molecule has 1 unspecified atom stereocenters. The molecular formula is C18H14F3N3O3S. The molecule has 0 spiro atoms. The lowest BCUT2D eigenvalue weighted by atomic mass is 10.2. The first kappa shape index (κ1) is 18.5. The van der Waals surface area contributed by atoms with Crippen molar-refractivity contribution in [3.05, 3.63) is 53.2 Å². The molecule has 6 nitrogen and oxygen atoms in total. The summed E-state index contributed by atoms with van der Waals surface area (Å²) >= 11 is 1.47. The quantitative estimate of drug-likeness (QED) is 0.649. The second-order valence-corrected chi connectivity index (χ2v) is 7.16. The van der Waals surface area contributed by atoms with E-state index in [-0.39, 0.29) is 24.0 Å². The molecule has 0 aliphatic carbocycles. The van der Waals surface area contributed by atoms with Gasteiger partial charge in [-0.05, 0) is 17.5 Å². The van der Waals surface area contributed by atoms with E-state index in [1.54, 1.807) is 6.07 Å². The van der Waals surface area contributed by atoms with Crippen molar-refractivity contribution < 1.29 is 27.2 Å². The summed E-state index contributed by atoms with van der Waals surface area (Å²) in [6.07, 6.45) is -3.37. The average molecular weight is 409 g/mol. The number of halogens is 3. The van der Waals surface area contributed by atoms with Gasteiger partial charge in [0.1, 0.15) is 6.10 Å². The first-order chi connectivity index (χ1) is 13.4. The molecule has 1 atom stereocenters. The summed E-state index contributed by atoms with van der Waals surface area (Å²) in [7, 11) is 0. The fourth-order valence-corrected chi connectivity index (χ4v) is 3.58. The topological polar surface area (TPSA) is 68.5 Å². The van der Waals surface area contributed by atoms with Gasteiger partial charge in [-0.25, -0.2) is 4.98 Å². The van der Waals surface area contributed by atoms with Crippen LogP contribution in [0.3, 0.4) is 0 Å². The summed E-state index contributed by atoms with van der Waals surface area (Å²) in [5, 5.41) is 5.72. The Hall–Kier alpha value is -2.88. The highest BCUT2D eigenvalue weighted by molar-refractivity contribution is 7.13. The van der Waals surface area contributed by atoms with E-state index in [1.165, 1.54) is 16.2 Å². The number of thiophene rings is 1. The largest absolute Gasteiger partial charge is 0.472 e. The van der Waals surface area contributed by atoms with Crippen molar-refractivity contribution in [2.75, 3.05) is 13.1 Å². The van der Waals surface area contributed by atoms with Crippen LogP contribution in [0.2, 0.25) is 0 Å². The van der Waals surface area contributed by atoms with Crippen LogP contribution >= 0.6 is 11.3 Å². The van der Waals surface area contributed by atoms with Crippen LogP contribution in [0.5, 0.6) is 5.88 Å². The van der Waals surface area contributed by atoms with Gasteiger partial charge in [0.05, 0.1) is 17.0 Å². The van der Waals surface area contributed by atoms with Gasteiger partial charge in [-0.15, -0.1) is 11.3 Å². The highest BCUT2D eigenvalue weighted by Gasteiger charge is 2.33.